The number of carbonyl (C=O) groups excluding carboxylic acids is 3. The summed E-state index contributed by atoms with van der Waals surface area (Å²) in [5.74, 6) is -0.953. The van der Waals surface area contributed by atoms with E-state index in [2.05, 4.69) is 15.5 Å². The Kier molecular flexibility index (Phi) is 9.69. The lowest BCUT2D eigenvalue weighted by Gasteiger charge is -2.38. The number of hydrogen-bond donors (Lipinski definition) is 3. The van der Waals surface area contributed by atoms with Gasteiger partial charge in [0.1, 0.15) is 12.1 Å². The monoisotopic (exact) mass is 498 g/mol. The van der Waals surface area contributed by atoms with E-state index in [4.69, 9.17) is 11.8 Å². The average molecular weight is 499 g/mol. The highest BCUT2D eigenvalue weighted by Crippen LogP contribution is 2.25. The Morgan fingerprint density at radius 3 is 1.97 bits per heavy atom. The summed E-state index contributed by atoms with van der Waals surface area (Å²) in [5, 5.41) is 6.00. The van der Waals surface area contributed by atoms with Crippen LogP contribution in [0.3, 0.4) is 0 Å². The van der Waals surface area contributed by atoms with Crippen molar-refractivity contribution in [2.75, 3.05) is 6.54 Å². The Balaban J connectivity index is 1.82. The van der Waals surface area contributed by atoms with E-state index in [-0.39, 0.29) is 29.7 Å². The lowest BCUT2D eigenvalue weighted by Crippen LogP contribution is -2.60. The van der Waals surface area contributed by atoms with Gasteiger partial charge in [-0.25, -0.2) is 4.84 Å². The number of likely N-dealkylation sites (tertiary alicyclic amines) is 1. The average Bonchev–Trinajstić information content (AvgIpc) is 2.90. The normalized spacial score (nSPS) is 17.7. The Morgan fingerprint density at radius 2 is 1.46 bits per heavy atom. The van der Waals surface area contributed by atoms with Crippen molar-refractivity contribution in [2.45, 2.75) is 64.2 Å². The lowest BCUT2D eigenvalue weighted by atomic mass is 9.95. The minimum Gasteiger partial charge on any atom is -0.343 e. The highest BCUT2D eigenvalue weighted by atomic mass is 35.5. The topological polar surface area (TPSA) is 90.5 Å². The zero-order valence-electron chi connectivity index (χ0n) is 20.5. The smallest absolute Gasteiger partial charge is 0.246 e. The molecule has 0 radical (unpaired) electrons. The third-order valence-corrected chi connectivity index (χ3v) is 6.76. The van der Waals surface area contributed by atoms with Crippen molar-refractivity contribution in [1.29, 1.82) is 0 Å². The van der Waals surface area contributed by atoms with Gasteiger partial charge < -0.3 is 15.5 Å². The molecule has 0 aromatic heterocycles. The Morgan fingerprint density at radius 1 is 0.886 bits per heavy atom. The SMILES string of the molecule is CC(NCl)C(=O)N[C@H](C(=O)N1CCCCC1C(=O)NC(c1ccccc1)c1ccccc1)C(C)C. The molecular weight excluding hydrogens is 464 g/mol. The van der Waals surface area contributed by atoms with Crippen molar-refractivity contribution in [3.63, 3.8) is 0 Å². The summed E-state index contributed by atoms with van der Waals surface area (Å²) in [6.07, 6.45) is 2.25. The fraction of sp³-hybridized carbons (Fsp3) is 0.444. The summed E-state index contributed by atoms with van der Waals surface area (Å²) in [4.78, 5) is 43.7. The van der Waals surface area contributed by atoms with Crippen LogP contribution < -0.4 is 15.5 Å². The molecule has 3 rings (SSSR count). The van der Waals surface area contributed by atoms with Crippen LogP contribution in [-0.2, 0) is 14.4 Å². The number of nitrogens with zero attached hydrogens (tertiary/aromatic N) is 1. The van der Waals surface area contributed by atoms with Gasteiger partial charge in [0.05, 0.1) is 12.1 Å². The van der Waals surface area contributed by atoms with E-state index in [0.717, 1.165) is 24.0 Å². The van der Waals surface area contributed by atoms with E-state index in [9.17, 15) is 14.4 Å². The van der Waals surface area contributed by atoms with E-state index < -0.39 is 18.1 Å². The van der Waals surface area contributed by atoms with Gasteiger partial charge in [-0.15, -0.1) is 0 Å². The van der Waals surface area contributed by atoms with E-state index in [1.54, 1.807) is 11.8 Å². The molecule has 0 saturated carbocycles. The first-order valence-electron chi connectivity index (χ1n) is 12.2. The molecule has 8 heteroatoms. The second kappa shape index (κ2) is 12.7. The van der Waals surface area contributed by atoms with Crippen LogP contribution in [0.4, 0.5) is 0 Å². The summed E-state index contributed by atoms with van der Waals surface area (Å²) in [5.41, 5.74) is 1.94. The van der Waals surface area contributed by atoms with Crippen molar-refractivity contribution in [1.82, 2.24) is 20.4 Å². The molecule has 1 aliphatic rings. The standard InChI is InChI=1S/C27H35ClN4O3/c1-18(2)23(29-25(33)19(3)31-28)27(35)32-17-11-10-16-22(32)26(34)30-24(20-12-6-4-7-13-20)21-14-8-5-9-15-21/h4-9,12-15,18-19,22-24,31H,10-11,16-17H2,1-3H3,(H,29,33)(H,30,34)/t19?,22?,23-/m0/s1. The second-order valence-electron chi connectivity index (χ2n) is 9.37. The van der Waals surface area contributed by atoms with Crippen LogP contribution in [-0.4, -0.2) is 47.3 Å². The summed E-state index contributed by atoms with van der Waals surface area (Å²) in [6.45, 7) is 5.85. The van der Waals surface area contributed by atoms with E-state index >= 15 is 0 Å². The molecule has 2 aromatic rings. The predicted molar refractivity (Wildman–Crippen MR) is 137 cm³/mol. The first kappa shape index (κ1) is 26.7. The summed E-state index contributed by atoms with van der Waals surface area (Å²) >= 11 is 5.59. The third kappa shape index (κ3) is 6.83. The number of rotatable bonds is 9. The predicted octanol–water partition coefficient (Wildman–Crippen LogP) is 3.55. The maximum Gasteiger partial charge on any atom is 0.246 e. The molecule has 188 valence electrons. The van der Waals surface area contributed by atoms with E-state index in [0.29, 0.717) is 13.0 Å². The van der Waals surface area contributed by atoms with Crippen LogP contribution in [0.15, 0.2) is 60.7 Å². The molecule has 7 nitrogen and oxygen atoms in total. The van der Waals surface area contributed by atoms with Gasteiger partial charge >= 0.3 is 0 Å². The largest absolute Gasteiger partial charge is 0.343 e. The van der Waals surface area contributed by atoms with Crippen molar-refractivity contribution in [2.24, 2.45) is 5.92 Å². The van der Waals surface area contributed by atoms with Gasteiger partial charge in [0.15, 0.2) is 0 Å². The zero-order chi connectivity index (χ0) is 25.4. The van der Waals surface area contributed by atoms with Gasteiger partial charge in [0.25, 0.3) is 0 Å². The molecule has 2 unspecified atom stereocenters. The molecule has 1 aliphatic heterocycles. The molecule has 1 fully saturated rings. The maximum absolute atomic E-state index is 13.6. The molecule has 3 N–H and O–H groups in total. The fourth-order valence-electron chi connectivity index (χ4n) is 4.38. The van der Waals surface area contributed by atoms with E-state index in [1.165, 1.54) is 0 Å². The molecule has 3 atom stereocenters. The van der Waals surface area contributed by atoms with Gasteiger partial charge in [-0.2, -0.15) is 0 Å². The summed E-state index contributed by atoms with van der Waals surface area (Å²) < 4.78 is 0. The number of halogens is 1. The quantitative estimate of drug-likeness (QED) is 0.461. The van der Waals surface area contributed by atoms with Gasteiger partial charge in [0.2, 0.25) is 17.7 Å². The van der Waals surface area contributed by atoms with Gasteiger partial charge in [-0.3, -0.25) is 14.4 Å². The first-order valence-corrected chi connectivity index (χ1v) is 12.6. The molecule has 0 bridgehead atoms. The van der Waals surface area contributed by atoms with Crippen LogP contribution in [0, 0.1) is 5.92 Å². The van der Waals surface area contributed by atoms with Crippen molar-refractivity contribution < 1.29 is 14.4 Å². The van der Waals surface area contributed by atoms with Crippen LogP contribution in [0.2, 0.25) is 0 Å². The Labute approximate surface area is 212 Å². The van der Waals surface area contributed by atoms with Crippen molar-refractivity contribution >= 4 is 29.5 Å². The number of benzene rings is 2. The highest BCUT2D eigenvalue weighted by molar-refractivity contribution is 6.15. The van der Waals surface area contributed by atoms with Crippen LogP contribution in [0.25, 0.3) is 0 Å². The number of carbonyl (C=O) groups is 3. The molecule has 0 spiro atoms. The lowest BCUT2D eigenvalue weighted by molar-refractivity contribution is -0.146. The maximum atomic E-state index is 13.6. The number of nitrogens with one attached hydrogen (secondary N) is 3. The van der Waals surface area contributed by atoms with Crippen molar-refractivity contribution in [3.05, 3.63) is 71.8 Å². The number of hydrogen-bond acceptors (Lipinski definition) is 4. The third-order valence-electron chi connectivity index (χ3n) is 6.43. The molecule has 3 amide bonds. The first-order chi connectivity index (χ1) is 16.8. The molecule has 35 heavy (non-hydrogen) atoms. The number of amides is 3. The minimum atomic E-state index is -0.748. The van der Waals surface area contributed by atoms with Crippen LogP contribution >= 0.6 is 11.8 Å². The molecular formula is C27H35ClN4O3. The van der Waals surface area contributed by atoms with Gasteiger partial charge in [0, 0.05) is 6.54 Å². The van der Waals surface area contributed by atoms with E-state index in [1.807, 2.05) is 74.5 Å². The van der Waals surface area contributed by atoms with Crippen LogP contribution in [0.1, 0.15) is 57.2 Å². The van der Waals surface area contributed by atoms with Gasteiger partial charge in [-0.1, -0.05) is 74.5 Å². The van der Waals surface area contributed by atoms with Crippen LogP contribution in [0.5, 0.6) is 0 Å². The van der Waals surface area contributed by atoms with Gasteiger partial charge in [-0.05, 0) is 55.0 Å². The molecule has 1 saturated heterocycles. The molecule has 1 heterocycles. The molecule has 2 aromatic carbocycles. The second-order valence-corrected chi connectivity index (χ2v) is 9.59. The summed E-state index contributed by atoms with van der Waals surface area (Å²) in [6, 6.07) is 17.3. The number of piperidine rings is 1. The highest BCUT2D eigenvalue weighted by Gasteiger charge is 2.38. The summed E-state index contributed by atoms with van der Waals surface area (Å²) in [7, 11) is 0. The minimum absolute atomic E-state index is 0.152. The fourth-order valence-corrected chi connectivity index (χ4v) is 4.48. The Hall–Kier alpha value is -2.90. The molecule has 0 aliphatic carbocycles. The Bertz CT molecular complexity index is 947. The van der Waals surface area contributed by atoms with Crippen molar-refractivity contribution in [3.8, 4) is 0 Å². The zero-order valence-corrected chi connectivity index (χ0v) is 21.3.